The van der Waals surface area contributed by atoms with Gasteiger partial charge in [0.1, 0.15) is 28.7 Å². The van der Waals surface area contributed by atoms with Crippen molar-refractivity contribution in [3.05, 3.63) is 46.1 Å². The van der Waals surface area contributed by atoms with Crippen LogP contribution in [0.3, 0.4) is 0 Å². The number of halogens is 3. The second-order valence-corrected chi connectivity index (χ2v) is 8.88. The summed E-state index contributed by atoms with van der Waals surface area (Å²) in [5.41, 5.74) is 7.05. The molecule has 1 aliphatic heterocycles. The highest BCUT2D eigenvalue weighted by Crippen LogP contribution is 2.43. The van der Waals surface area contributed by atoms with Crippen molar-refractivity contribution < 1.29 is 8.78 Å². The molecule has 6 nitrogen and oxygen atoms in total. The van der Waals surface area contributed by atoms with Crippen LogP contribution in [0.2, 0.25) is 5.02 Å². The number of aromatic nitrogens is 2. The van der Waals surface area contributed by atoms with Crippen molar-refractivity contribution in [2.45, 2.75) is 0 Å². The predicted octanol–water partition coefficient (Wildman–Crippen LogP) is 4.29. The Labute approximate surface area is 196 Å². The number of benzene rings is 2. The van der Waals surface area contributed by atoms with Gasteiger partial charge in [-0.15, -0.1) is 6.42 Å². The average Bonchev–Trinajstić information content (AvgIpc) is 3.22. The van der Waals surface area contributed by atoms with Crippen LogP contribution in [-0.2, 0) is 0 Å². The largest absolute Gasteiger partial charge is 0.375 e. The lowest BCUT2D eigenvalue weighted by molar-refractivity contribution is 0.589. The van der Waals surface area contributed by atoms with Gasteiger partial charge in [-0.05, 0) is 24.1 Å². The standard InChI is InChI=1S/C23H15ClF2N6S/c1-2-16-13(10-27)21(32-7-5-29-6-8-32)12-9-14(24)17(18(26)19(12)30-16)11-3-4-15(25)22-20(11)31-23(28)33-22/h1,3-4,9,29H,5-8H2,(H2,28,31). The summed E-state index contributed by atoms with van der Waals surface area (Å²) in [7, 11) is 0. The van der Waals surface area contributed by atoms with Gasteiger partial charge in [-0.25, -0.2) is 18.7 Å². The van der Waals surface area contributed by atoms with Crippen LogP contribution < -0.4 is 16.0 Å². The van der Waals surface area contributed by atoms with Gasteiger partial charge in [0.05, 0.1) is 20.9 Å². The van der Waals surface area contributed by atoms with Crippen molar-refractivity contribution in [2.24, 2.45) is 0 Å². The third-order valence-corrected chi connectivity index (χ3v) is 6.80. The number of pyridine rings is 1. The van der Waals surface area contributed by atoms with Crippen molar-refractivity contribution in [1.82, 2.24) is 15.3 Å². The van der Waals surface area contributed by atoms with Crippen LogP contribution in [0.25, 0.3) is 32.2 Å². The number of thiazole rings is 1. The molecule has 10 heteroatoms. The van der Waals surface area contributed by atoms with Crippen LogP contribution in [0.1, 0.15) is 11.3 Å². The van der Waals surface area contributed by atoms with Gasteiger partial charge >= 0.3 is 0 Å². The molecule has 0 unspecified atom stereocenters. The Morgan fingerprint density at radius 3 is 2.67 bits per heavy atom. The Bertz CT molecular complexity index is 1530. The first-order chi connectivity index (χ1) is 15.9. The van der Waals surface area contributed by atoms with Crippen molar-refractivity contribution in [3.8, 4) is 29.5 Å². The smallest absolute Gasteiger partial charge is 0.181 e. The highest BCUT2D eigenvalue weighted by molar-refractivity contribution is 7.22. The molecule has 0 bridgehead atoms. The summed E-state index contributed by atoms with van der Waals surface area (Å²) >= 11 is 7.57. The first-order valence-corrected chi connectivity index (χ1v) is 11.2. The molecule has 0 radical (unpaired) electrons. The molecule has 2 aromatic heterocycles. The molecule has 164 valence electrons. The SMILES string of the molecule is C#Cc1nc2c(F)c(-c3ccc(F)c4sc(N)nc34)c(Cl)cc2c(N2CCNCC2)c1C#N. The molecule has 33 heavy (non-hydrogen) atoms. The number of hydrogen-bond donors (Lipinski definition) is 2. The van der Waals surface area contributed by atoms with Crippen molar-refractivity contribution in [1.29, 1.82) is 5.26 Å². The number of piperazine rings is 1. The van der Waals surface area contributed by atoms with Gasteiger partial charge in [-0.2, -0.15) is 5.26 Å². The normalized spacial score (nSPS) is 13.9. The Morgan fingerprint density at radius 1 is 1.21 bits per heavy atom. The summed E-state index contributed by atoms with van der Waals surface area (Å²) in [5, 5.41) is 13.7. The van der Waals surface area contributed by atoms with Crippen molar-refractivity contribution in [3.63, 3.8) is 0 Å². The van der Waals surface area contributed by atoms with Crippen LogP contribution in [-0.4, -0.2) is 36.1 Å². The zero-order valence-corrected chi connectivity index (χ0v) is 18.6. The number of fused-ring (bicyclic) bond motifs is 2. The average molecular weight is 481 g/mol. The lowest BCUT2D eigenvalue weighted by Crippen LogP contribution is -2.44. The number of nitrogen functional groups attached to an aromatic ring is 1. The van der Waals surface area contributed by atoms with E-state index in [1.165, 1.54) is 12.1 Å². The molecule has 0 atom stereocenters. The fraction of sp³-hybridized carbons (Fsp3) is 0.174. The number of nitrogens with zero attached hydrogens (tertiary/aromatic N) is 4. The second-order valence-electron chi connectivity index (χ2n) is 7.45. The predicted molar refractivity (Wildman–Crippen MR) is 127 cm³/mol. The Hall–Kier alpha value is -3.50. The van der Waals surface area contributed by atoms with Crippen molar-refractivity contribution >= 4 is 54.9 Å². The van der Waals surface area contributed by atoms with Crippen LogP contribution in [0.4, 0.5) is 19.6 Å². The van der Waals surface area contributed by atoms with E-state index in [1.54, 1.807) is 6.07 Å². The van der Waals surface area contributed by atoms with Crippen LogP contribution in [0.5, 0.6) is 0 Å². The summed E-state index contributed by atoms with van der Waals surface area (Å²) in [5.74, 6) is 1.17. The summed E-state index contributed by atoms with van der Waals surface area (Å²) in [6.45, 7) is 2.62. The highest BCUT2D eigenvalue weighted by Gasteiger charge is 2.26. The molecule has 0 spiro atoms. The van der Waals surface area contributed by atoms with Crippen molar-refractivity contribution in [2.75, 3.05) is 36.8 Å². The molecule has 4 aromatic rings. The quantitative estimate of drug-likeness (QED) is 0.416. The summed E-state index contributed by atoms with van der Waals surface area (Å²) in [6.07, 6.45) is 5.63. The molecule has 2 aromatic carbocycles. The fourth-order valence-corrected chi connectivity index (χ4v) is 5.24. The van der Waals surface area contributed by atoms with Gasteiger partial charge < -0.3 is 16.0 Å². The van der Waals surface area contributed by atoms with Gasteiger partial charge in [-0.1, -0.05) is 22.9 Å². The zero-order chi connectivity index (χ0) is 23.3. The number of nitrogens with two attached hydrogens (primary N) is 1. The highest BCUT2D eigenvalue weighted by atomic mass is 35.5. The van der Waals surface area contributed by atoms with E-state index in [-0.39, 0.29) is 42.7 Å². The fourth-order valence-electron chi connectivity index (χ4n) is 4.18. The summed E-state index contributed by atoms with van der Waals surface area (Å²) in [6, 6.07) is 6.34. The van der Waals surface area contributed by atoms with Crippen LogP contribution >= 0.6 is 22.9 Å². The molecular formula is C23H15ClF2N6S. The molecule has 3 heterocycles. The Morgan fingerprint density at radius 2 is 1.97 bits per heavy atom. The van der Waals surface area contributed by atoms with E-state index in [0.717, 1.165) is 11.3 Å². The minimum atomic E-state index is -0.727. The molecule has 1 aliphatic rings. The number of anilines is 2. The third kappa shape index (κ3) is 3.33. The number of rotatable bonds is 2. The van der Waals surface area contributed by atoms with Gasteiger partial charge in [0.2, 0.25) is 0 Å². The van der Waals surface area contributed by atoms with E-state index in [1.807, 2.05) is 4.90 Å². The first kappa shape index (κ1) is 21.4. The third-order valence-electron chi connectivity index (χ3n) is 5.61. The maximum Gasteiger partial charge on any atom is 0.181 e. The number of nitriles is 1. The number of terminal acetylenes is 1. The van der Waals surface area contributed by atoms with E-state index < -0.39 is 11.6 Å². The molecular weight excluding hydrogens is 466 g/mol. The van der Waals surface area contributed by atoms with E-state index in [9.17, 15) is 9.65 Å². The van der Waals surface area contributed by atoms with Crippen LogP contribution in [0.15, 0.2) is 18.2 Å². The Balaban J connectivity index is 1.86. The molecule has 0 saturated carbocycles. The molecule has 5 rings (SSSR count). The topological polar surface area (TPSA) is 90.9 Å². The lowest BCUT2D eigenvalue weighted by Gasteiger charge is -2.31. The lowest BCUT2D eigenvalue weighted by atomic mass is 9.98. The van der Waals surface area contributed by atoms with E-state index in [2.05, 4.69) is 27.3 Å². The second kappa shape index (κ2) is 8.13. The number of nitrogens with one attached hydrogen (secondary N) is 1. The molecule has 1 saturated heterocycles. The first-order valence-electron chi connectivity index (χ1n) is 9.97. The minimum Gasteiger partial charge on any atom is -0.375 e. The maximum atomic E-state index is 16.1. The summed E-state index contributed by atoms with van der Waals surface area (Å²) in [4.78, 5) is 10.5. The Kier molecular flexibility index (Phi) is 5.26. The van der Waals surface area contributed by atoms with Gasteiger partial charge in [-0.3, -0.25) is 0 Å². The molecule has 0 amide bonds. The van der Waals surface area contributed by atoms with Gasteiger partial charge in [0.25, 0.3) is 0 Å². The van der Waals surface area contributed by atoms with E-state index in [4.69, 9.17) is 23.8 Å². The molecule has 1 fully saturated rings. The van der Waals surface area contributed by atoms with E-state index >= 15 is 4.39 Å². The monoisotopic (exact) mass is 480 g/mol. The maximum absolute atomic E-state index is 16.1. The molecule has 0 aliphatic carbocycles. The molecule has 3 N–H and O–H groups in total. The van der Waals surface area contributed by atoms with E-state index in [0.29, 0.717) is 42.8 Å². The summed E-state index contributed by atoms with van der Waals surface area (Å²) < 4.78 is 30.6. The number of hydrogen-bond acceptors (Lipinski definition) is 7. The van der Waals surface area contributed by atoms with Gasteiger partial charge in [0, 0.05) is 42.7 Å². The van der Waals surface area contributed by atoms with Gasteiger partial charge in [0.15, 0.2) is 10.9 Å². The minimum absolute atomic E-state index is 0.0180. The van der Waals surface area contributed by atoms with Crippen LogP contribution in [0, 0.1) is 35.3 Å². The zero-order valence-electron chi connectivity index (χ0n) is 17.0.